The monoisotopic (exact) mass is 346 g/mol. The second-order valence-electron chi connectivity index (χ2n) is 5.28. The Kier molecular flexibility index (Phi) is 6.68. The summed E-state index contributed by atoms with van der Waals surface area (Å²) in [6.45, 7) is 5.62. The van der Waals surface area contributed by atoms with E-state index in [9.17, 15) is 13.2 Å². The third kappa shape index (κ3) is 4.88. The Labute approximate surface area is 137 Å². The van der Waals surface area contributed by atoms with Gasteiger partial charge in [0.1, 0.15) is 6.04 Å². The van der Waals surface area contributed by atoms with Crippen molar-refractivity contribution in [1.82, 2.24) is 5.32 Å². The van der Waals surface area contributed by atoms with E-state index in [2.05, 4.69) is 5.32 Å². The van der Waals surface area contributed by atoms with Gasteiger partial charge in [0.15, 0.2) is 0 Å². The number of anilines is 1. The minimum atomic E-state index is -3.62. The summed E-state index contributed by atoms with van der Waals surface area (Å²) in [6.07, 6.45) is 2.23. The van der Waals surface area contributed by atoms with Crippen LogP contribution in [0.15, 0.2) is 24.3 Å². The molecule has 124 valence electrons. The number of hydrogen-bond acceptors (Lipinski definition) is 3. The molecule has 0 aromatic heterocycles. The molecule has 0 bridgehead atoms. The van der Waals surface area contributed by atoms with Gasteiger partial charge in [-0.05, 0) is 38.0 Å². The van der Waals surface area contributed by atoms with E-state index in [-0.39, 0.29) is 11.9 Å². The molecule has 0 aliphatic carbocycles. The summed E-state index contributed by atoms with van der Waals surface area (Å²) < 4.78 is 25.5. The molecule has 1 N–H and O–H groups in total. The van der Waals surface area contributed by atoms with Crippen LogP contribution in [0.1, 0.15) is 33.6 Å². The summed E-state index contributed by atoms with van der Waals surface area (Å²) >= 11 is 5.95. The standard InChI is InChI=1S/C15H23ClN2O3S/c1-5-11(3)17-15(19)14(6-2)18(22(4,20)21)13-9-7-8-12(16)10-13/h7-11,14H,5-6H2,1-4H3,(H,17,19)/t11-,14+/m1/s1. The van der Waals surface area contributed by atoms with Gasteiger partial charge in [-0.1, -0.05) is 31.5 Å². The van der Waals surface area contributed by atoms with Crippen LogP contribution in [0.3, 0.4) is 0 Å². The Bertz CT molecular complexity index is 619. The molecule has 0 spiro atoms. The Morgan fingerprint density at radius 1 is 1.32 bits per heavy atom. The highest BCUT2D eigenvalue weighted by molar-refractivity contribution is 7.92. The molecule has 7 heteroatoms. The number of carbonyl (C=O) groups excluding carboxylic acids is 1. The van der Waals surface area contributed by atoms with Gasteiger partial charge in [0.25, 0.3) is 0 Å². The predicted octanol–water partition coefficient (Wildman–Crippen LogP) is 2.80. The average molecular weight is 347 g/mol. The fourth-order valence-corrected chi connectivity index (χ4v) is 3.50. The number of hydrogen-bond donors (Lipinski definition) is 1. The number of amides is 1. The molecule has 0 saturated carbocycles. The fraction of sp³-hybridized carbons (Fsp3) is 0.533. The van der Waals surface area contributed by atoms with Crippen LogP contribution >= 0.6 is 11.6 Å². The van der Waals surface area contributed by atoms with Gasteiger partial charge in [-0.3, -0.25) is 9.10 Å². The van der Waals surface area contributed by atoms with Crippen LogP contribution in [-0.2, 0) is 14.8 Å². The Balaban J connectivity index is 3.23. The number of rotatable bonds is 7. The average Bonchev–Trinajstić information content (AvgIpc) is 2.42. The molecule has 0 fully saturated rings. The lowest BCUT2D eigenvalue weighted by molar-refractivity contribution is -0.122. The molecule has 1 aromatic rings. The highest BCUT2D eigenvalue weighted by Crippen LogP contribution is 2.25. The van der Waals surface area contributed by atoms with E-state index in [0.29, 0.717) is 17.1 Å². The molecule has 0 aliphatic heterocycles. The summed E-state index contributed by atoms with van der Waals surface area (Å²) in [5.74, 6) is -0.303. The molecule has 1 rings (SSSR count). The van der Waals surface area contributed by atoms with Crippen LogP contribution in [0.5, 0.6) is 0 Å². The van der Waals surface area contributed by atoms with E-state index in [1.54, 1.807) is 31.2 Å². The zero-order valence-corrected chi connectivity index (χ0v) is 14.9. The molecule has 2 atom stereocenters. The summed E-state index contributed by atoms with van der Waals surface area (Å²) in [5.41, 5.74) is 0.390. The highest BCUT2D eigenvalue weighted by atomic mass is 35.5. The van der Waals surface area contributed by atoms with Gasteiger partial charge in [0.2, 0.25) is 15.9 Å². The number of sulfonamides is 1. The third-order valence-electron chi connectivity index (χ3n) is 3.39. The first-order valence-electron chi connectivity index (χ1n) is 7.26. The lowest BCUT2D eigenvalue weighted by Crippen LogP contribution is -2.51. The van der Waals surface area contributed by atoms with Crippen molar-refractivity contribution in [1.29, 1.82) is 0 Å². The molecule has 0 aliphatic rings. The quantitative estimate of drug-likeness (QED) is 0.825. The van der Waals surface area contributed by atoms with Crippen LogP contribution in [-0.4, -0.2) is 32.7 Å². The molecular formula is C15H23ClN2O3S. The van der Waals surface area contributed by atoms with Gasteiger partial charge in [-0.25, -0.2) is 8.42 Å². The number of nitrogens with one attached hydrogen (secondary N) is 1. The van der Waals surface area contributed by atoms with E-state index in [4.69, 9.17) is 11.6 Å². The molecule has 5 nitrogen and oxygen atoms in total. The summed E-state index contributed by atoms with van der Waals surface area (Å²) in [5, 5.41) is 3.26. The lowest BCUT2D eigenvalue weighted by atomic mass is 10.1. The topological polar surface area (TPSA) is 66.5 Å². The first-order chi connectivity index (χ1) is 10.2. The zero-order chi connectivity index (χ0) is 16.9. The largest absolute Gasteiger partial charge is 0.352 e. The van der Waals surface area contributed by atoms with E-state index < -0.39 is 16.1 Å². The maximum absolute atomic E-state index is 12.4. The molecule has 1 aromatic carbocycles. The molecule has 22 heavy (non-hydrogen) atoms. The number of benzene rings is 1. The maximum Gasteiger partial charge on any atom is 0.244 e. The molecule has 0 unspecified atom stereocenters. The van der Waals surface area contributed by atoms with Crippen LogP contribution in [0.4, 0.5) is 5.69 Å². The normalized spacial score (nSPS) is 14.2. The van der Waals surface area contributed by atoms with E-state index in [1.165, 1.54) is 0 Å². The molecular weight excluding hydrogens is 324 g/mol. The predicted molar refractivity (Wildman–Crippen MR) is 90.7 cm³/mol. The van der Waals surface area contributed by atoms with Gasteiger partial charge >= 0.3 is 0 Å². The van der Waals surface area contributed by atoms with Crippen molar-refractivity contribution in [3.05, 3.63) is 29.3 Å². The molecule has 1 amide bonds. The van der Waals surface area contributed by atoms with Gasteiger partial charge in [-0.2, -0.15) is 0 Å². The summed E-state index contributed by atoms with van der Waals surface area (Å²) in [7, 11) is -3.62. The Hall–Kier alpha value is -1.27. The van der Waals surface area contributed by atoms with Crippen molar-refractivity contribution >= 4 is 33.2 Å². The molecule has 0 saturated heterocycles. The van der Waals surface area contributed by atoms with Crippen molar-refractivity contribution in [3.63, 3.8) is 0 Å². The number of halogens is 1. The van der Waals surface area contributed by atoms with Crippen LogP contribution < -0.4 is 9.62 Å². The van der Waals surface area contributed by atoms with Crippen molar-refractivity contribution in [2.75, 3.05) is 10.6 Å². The van der Waals surface area contributed by atoms with Crippen molar-refractivity contribution in [2.24, 2.45) is 0 Å². The van der Waals surface area contributed by atoms with Gasteiger partial charge in [-0.15, -0.1) is 0 Å². The smallest absolute Gasteiger partial charge is 0.244 e. The van der Waals surface area contributed by atoms with Crippen LogP contribution in [0.2, 0.25) is 5.02 Å². The van der Waals surface area contributed by atoms with Crippen LogP contribution in [0, 0.1) is 0 Å². The number of carbonyl (C=O) groups is 1. The van der Waals surface area contributed by atoms with Gasteiger partial charge in [0.05, 0.1) is 11.9 Å². The Morgan fingerprint density at radius 3 is 2.41 bits per heavy atom. The second-order valence-corrected chi connectivity index (χ2v) is 7.58. The maximum atomic E-state index is 12.4. The van der Waals surface area contributed by atoms with Crippen LogP contribution in [0.25, 0.3) is 0 Å². The first kappa shape index (κ1) is 18.8. The van der Waals surface area contributed by atoms with Crippen molar-refractivity contribution in [2.45, 2.75) is 45.7 Å². The minimum Gasteiger partial charge on any atom is -0.352 e. The summed E-state index contributed by atoms with van der Waals surface area (Å²) in [6, 6.07) is 5.68. The summed E-state index contributed by atoms with van der Waals surface area (Å²) in [4.78, 5) is 12.4. The zero-order valence-electron chi connectivity index (χ0n) is 13.3. The lowest BCUT2D eigenvalue weighted by Gasteiger charge is -2.31. The van der Waals surface area contributed by atoms with Gasteiger partial charge in [0, 0.05) is 11.1 Å². The third-order valence-corrected chi connectivity index (χ3v) is 4.81. The number of nitrogens with zero attached hydrogens (tertiary/aromatic N) is 1. The molecule has 0 heterocycles. The van der Waals surface area contributed by atoms with Gasteiger partial charge < -0.3 is 5.32 Å². The highest BCUT2D eigenvalue weighted by Gasteiger charge is 2.31. The first-order valence-corrected chi connectivity index (χ1v) is 9.48. The van der Waals surface area contributed by atoms with E-state index in [1.807, 2.05) is 13.8 Å². The Morgan fingerprint density at radius 2 is 1.95 bits per heavy atom. The molecule has 0 radical (unpaired) electrons. The van der Waals surface area contributed by atoms with Crippen molar-refractivity contribution < 1.29 is 13.2 Å². The fourth-order valence-electron chi connectivity index (χ4n) is 2.11. The SMILES string of the molecule is CC[C@@H](C)NC(=O)[C@H](CC)N(c1cccc(Cl)c1)S(C)(=O)=O. The minimum absolute atomic E-state index is 0.0117. The van der Waals surface area contributed by atoms with Crippen molar-refractivity contribution in [3.8, 4) is 0 Å². The van der Waals surface area contributed by atoms with E-state index >= 15 is 0 Å². The second kappa shape index (κ2) is 7.83. The van der Waals surface area contributed by atoms with E-state index in [0.717, 1.165) is 17.0 Å².